The summed E-state index contributed by atoms with van der Waals surface area (Å²) in [6.45, 7) is 13.9. The molecule has 16 heteroatoms. The molecule has 15 nitrogen and oxygen atoms in total. The number of Topliss-reactive ketones (excluding diaryl/α,β-unsaturated/α-hetero) is 3. The first kappa shape index (κ1) is 62.9. The minimum Gasteiger partial charge on any atom is -0.460 e. The summed E-state index contributed by atoms with van der Waals surface area (Å²) in [6, 6.07) is -1.15. The molecule has 15 atom stereocenters. The molecular formula is C57H90INO14. The summed E-state index contributed by atoms with van der Waals surface area (Å²) in [5.41, 5.74) is 1.26. The van der Waals surface area contributed by atoms with Crippen molar-refractivity contribution in [1.82, 2.24) is 4.90 Å². The van der Waals surface area contributed by atoms with E-state index in [2.05, 4.69) is 22.6 Å². The highest BCUT2D eigenvalue weighted by molar-refractivity contribution is 14.1. The highest BCUT2D eigenvalue weighted by atomic mass is 127. The van der Waals surface area contributed by atoms with Crippen molar-refractivity contribution in [2.75, 3.05) is 45.0 Å². The van der Waals surface area contributed by atoms with Gasteiger partial charge in [0.2, 0.25) is 5.79 Å². The van der Waals surface area contributed by atoms with Gasteiger partial charge >= 0.3 is 5.97 Å². The van der Waals surface area contributed by atoms with Crippen molar-refractivity contribution >= 4 is 51.8 Å². The Balaban J connectivity index is 1.71. The Morgan fingerprint density at radius 2 is 1.59 bits per heavy atom. The number of rotatable bonds is 14. The average molecular weight is 1140 g/mol. The highest BCUT2D eigenvalue weighted by Gasteiger charge is 2.53. The van der Waals surface area contributed by atoms with E-state index in [1.165, 1.54) is 12.0 Å². The molecule has 73 heavy (non-hydrogen) atoms. The molecule has 1 amide bonds. The summed E-state index contributed by atoms with van der Waals surface area (Å²) in [7, 11) is 3.08. The van der Waals surface area contributed by atoms with Crippen LogP contribution in [0.1, 0.15) is 145 Å². The third-order valence-corrected chi connectivity index (χ3v) is 16.4. The molecule has 0 aromatic carbocycles. The van der Waals surface area contributed by atoms with Crippen LogP contribution in [0.3, 0.4) is 0 Å². The number of allylic oxidation sites excluding steroid dienone is 6. The van der Waals surface area contributed by atoms with Gasteiger partial charge in [0, 0.05) is 75.6 Å². The molecule has 3 heterocycles. The van der Waals surface area contributed by atoms with Crippen molar-refractivity contribution in [2.45, 2.75) is 199 Å². The van der Waals surface area contributed by atoms with Crippen LogP contribution in [0.25, 0.3) is 0 Å². The lowest BCUT2D eigenvalue weighted by molar-refractivity contribution is -0.266. The van der Waals surface area contributed by atoms with Gasteiger partial charge in [-0.25, -0.2) is 4.79 Å². The second kappa shape index (κ2) is 31.5. The smallest absolute Gasteiger partial charge is 0.329 e. The third kappa shape index (κ3) is 18.5. The van der Waals surface area contributed by atoms with Crippen LogP contribution in [-0.4, -0.2) is 149 Å². The lowest BCUT2D eigenvalue weighted by Crippen LogP contribution is -2.61. The molecule has 3 aliphatic heterocycles. The number of aliphatic hydroxyl groups is 3. The first-order valence-electron chi connectivity index (χ1n) is 27.2. The summed E-state index contributed by atoms with van der Waals surface area (Å²) in [5.74, 6) is -7.92. The standard InChI is InChI=1S/C57H90INO14/c1-36-18-11-10-12-19-37(2)48(71-28-16-15-27-60)34-44-23-21-42(7)57(67,73-44)54(64)55(65)59-26-14-13-20-45(59)56(66)72-49(39(4)32-43-22-24-47(50(33-43)68-8)70-29-17-25-58)35-46(61)38(3)31-41(6)52(63)53(69-9)51(62)40(5)30-36/h10-12,18-19,31,36,38-40,42-45,47-50,52-53,60,63,67H,13-17,20-30,32-35H2,1-9H3/t36?,38?,39-,40?,42?,43+,44?,45?,47-,48?,49?,50-,52?,53?,57?/m1/s1. The number of piperidine rings is 1. The van der Waals surface area contributed by atoms with Crippen molar-refractivity contribution in [3.63, 3.8) is 0 Å². The number of ether oxygens (including phenoxy) is 6. The van der Waals surface area contributed by atoms with Crippen LogP contribution in [0.2, 0.25) is 0 Å². The van der Waals surface area contributed by atoms with Crippen LogP contribution in [0.5, 0.6) is 0 Å². The number of methoxy groups -OCH3 is 2. The van der Waals surface area contributed by atoms with E-state index in [1.54, 1.807) is 34.0 Å². The minimum absolute atomic E-state index is 0.00128. The first-order chi connectivity index (χ1) is 34.8. The molecule has 4 aliphatic rings. The molecule has 0 radical (unpaired) electrons. The molecule has 0 aromatic heterocycles. The van der Waals surface area contributed by atoms with Crippen molar-refractivity contribution in [3.8, 4) is 0 Å². The van der Waals surface area contributed by atoms with Crippen molar-refractivity contribution in [2.24, 2.45) is 35.5 Å². The van der Waals surface area contributed by atoms with Gasteiger partial charge in [-0.15, -0.1) is 0 Å². The molecule has 11 unspecified atom stereocenters. The Morgan fingerprint density at radius 1 is 0.849 bits per heavy atom. The van der Waals surface area contributed by atoms with Crippen LogP contribution in [0, 0.1) is 35.5 Å². The van der Waals surface area contributed by atoms with Gasteiger partial charge in [-0.3, -0.25) is 19.2 Å². The number of carbonyl (C=O) groups excluding carboxylic acids is 5. The Kier molecular flexibility index (Phi) is 27.1. The summed E-state index contributed by atoms with van der Waals surface area (Å²) in [4.78, 5) is 72.8. The molecule has 3 N–H and O–H groups in total. The number of aliphatic hydroxyl groups excluding tert-OH is 2. The fourth-order valence-corrected chi connectivity index (χ4v) is 11.2. The van der Waals surface area contributed by atoms with Crippen molar-refractivity contribution in [1.29, 1.82) is 0 Å². The largest absolute Gasteiger partial charge is 0.460 e. The Bertz CT molecular complexity index is 1900. The first-order valence-corrected chi connectivity index (χ1v) is 28.7. The van der Waals surface area contributed by atoms with Gasteiger partial charge in [0.05, 0.1) is 24.4 Å². The zero-order valence-electron chi connectivity index (χ0n) is 45.3. The van der Waals surface area contributed by atoms with Crippen LogP contribution < -0.4 is 0 Å². The number of unbranched alkanes of at least 4 members (excludes halogenated alkanes) is 1. The molecule has 2 saturated heterocycles. The molecule has 3 fully saturated rings. The van der Waals surface area contributed by atoms with E-state index < -0.39 is 77.8 Å². The lowest BCUT2D eigenvalue weighted by Gasteiger charge is -2.43. The van der Waals surface area contributed by atoms with Gasteiger partial charge in [-0.1, -0.05) is 93.7 Å². The quantitative estimate of drug-likeness (QED) is 0.0375. The van der Waals surface area contributed by atoms with E-state index in [-0.39, 0.29) is 73.9 Å². The Morgan fingerprint density at radius 3 is 2.29 bits per heavy atom. The Labute approximate surface area is 449 Å². The number of hydrogen-bond donors (Lipinski definition) is 3. The number of esters is 1. The number of nitrogens with zero attached hydrogens (tertiary/aromatic N) is 1. The number of alkyl halides is 1. The number of ketones is 3. The molecule has 0 spiro atoms. The number of fused-ring (bicyclic) bond motifs is 3. The molecule has 2 bridgehead atoms. The number of cyclic esters (lactones) is 1. The van der Waals surface area contributed by atoms with E-state index >= 15 is 0 Å². The van der Waals surface area contributed by atoms with Crippen LogP contribution >= 0.6 is 22.6 Å². The van der Waals surface area contributed by atoms with E-state index in [0.29, 0.717) is 70.2 Å². The van der Waals surface area contributed by atoms with Crippen LogP contribution in [0.15, 0.2) is 47.6 Å². The second-order valence-electron chi connectivity index (χ2n) is 21.5. The van der Waals surface area contributed by atoms with Crippen LogP contribution in [0.4, 0.5) is 0 Å². The maximum absolute atomic E-state index is 14.6. The van der Waals surface area contributed by atoms with E-state index in [9.17, 15) is 39.3 Å². The monoisotopic (exact) mass is 1140 g/mol. The highest BCUT2D eigenvalue weighted by Crippen LogP contribution is 2.38. The average Bonchev–Trinajstić information content (AvgIpc) is 3.37. The fraction of sp³-hybridized carbons (Fsp3) is 0.772. The second-order valence-corrected chi connectivity index (χ2v) is 22.6. The van der Waals surface area contributed by atoms with Crippen molar-refractivity contribution < 1.29 is 67.7 Å². The summed E-state index contributed by atoms with van der Waals surface area (Å²) in [5, 5.41) is 33.1. The van der Waals surface area contributed by atoms with E-state index in [4.69, 9.17) is 28.4 Å². The molecule has 1 saturated carbocycles. The molecule has 1 aliphatic carbocycles. The normalized spacial score (nSPS) is 35.0. The maximum Gasteiger partial charge on any atom is 0.329 e. The van der Waals surface area contributed by atoms with Crippen molar-refractivity contribution in [3.05, 3.63) is 47.6 Å². The number of halogens is 1. The van der Waals surface area contributed by atoms with Gasteiger partial charge < -0.3 is 48.6 Å². The zero-order valence-corrected chi connectivity index (χ0v) is 47.5. The molecule has 414 valence electrons. The van der Waals surface area contributed by atoms with E-state index in [1.807, 2.05) is 58.1 Å². The van der Waals surface area contributed by atoms with Gasteiger partial charge in [0.1, 0.15) is 30.1 Å². The lowest BCUT2D eigenvalue weighted by atomic mass is 9.78. The van der Waals surface area contributed by atoms with Gasteiger partial charge in [0.15, 0.2) is 5.78 Å². The SMILES string of the molecule is COC1C(=O)C(C)CC(C)C=CC=CC=C(C)C(OCCCCO)CC2CCC(C)C(O)(O2)C(=O)C(=O)N2CCCCC2C(=O)OC([C@H](C)C[C@@H]2CC[C@@H](OCCCI)[C@H](OC)C2)CC(=O)C(C)C=C(C)C1O. The number of carbonyl (C=O) groups is 5. The summed E-state index contributed by atoms with van der Waals surface area (Å²) in [6.07, 6.45) is 14.6. The fourth-order valence-electron chi connectivity index (χ4n) is 10.9. The maximum atomic E-state index is 14.6. The van der Waals surface area contributed by atoms with Gasteiger partial charge in [0.25, 0.3) is 11.7 Å². The topological polar surface area (TPSA) is 205 Å². The zero-order chi connectivity index (χ0) is 53.8. The van der Waals surface area contributed by atoms with Gasteiger partial charge in [-0.05, 0) is 126 Å². The molecule has 0 aromatic rings. The molecule has 4 rings (SSSR count). The third-order valence-electron chi connectivity index (χ3n) is 15.7. The summed E-state index contributed by atoms with van der Waals surface area (Å²) < 4.78 is 37.7. The molecular weight excluding hydrogens is 1050 g/mol. The summed E-state index contributed by atoms with van der Waals surface area (Å²) >= 11 is 2.34. The van der Waals surface area contributed by atoms with Crippen LogP contribution in [-0.2, 0) is 52.4 Å². The van der Waals surface area contributed by atoms with E-state index in [0.717, 1.165) is 35.7 Å². The number of amides is 1. The predicted octanol–water partition coefficient (Wildman–Crippen LogP) is 8.17. The predicted molar refractivity (Wildman–Crippen MR) is 288 cm³/mol. The Hall–Kier alpha value is -2.68. The van der Waals surface area contributed by atoms with Gasteiger partial charge in [-0.2, -0.15) is 0 Å². The minimum atomic E-state index is -2.46. The number of hydrogen-bond acceptors (Lipinski definition) is 14.